The highest BCUT2D eigenvalue weighted by Gasteiger charge is 2.08. The summed E-state index contributed by atoms with van der Waals surface area (Å²) < 4.78 is 0. The van der Waals surface area contributed by atoms with E-state index in [0.29, 0.717) is 5.82 Å². The van der Waals surface area contributed by atoms with E-state index < -0.39 is 0 Å². The van der Waals surface area contributed by atoms with E-state index in [0.717, 1.165) is 5.69 Å². The number of aryl methyl sites for hydroxylation is 1. The molecule has 0 atom stereocenters. The number of anilines is 1. The lowest BCUT2D eigenvalue weighted by Gasteiger charge is -2.01. The second-order valence-electron chi connectivity index (χ2n) is 2.97. The highest BCUT2D eigenvalue weighted by molar-refractivity contribution is 6.01. The van der Waals surface area contributed by atoms with Gasteiger partial charge in [-0.25, -0.2) is 4.98 Å². The summed E-state index contributed by atoms with van der Waals surface area (Å²) in [5, 5.41) is 12.2. The van der Waals surface area contributed by atoms with E-state index in [1.807, 2.05) is 19.1 Å². The number of nitrogens with one attached hydrogen (secondary N) is 2. The summed E-state index contributed by atoms with van der Waals surface area (Å²) in [5.74, 6) is 0.171. The molecule has 0 unspecified atom stereocenters. The highest BCUT2D eigenvalue weighted by atomic mass is 16.2. The molecule has 0 saturated heterocycles. The molecule has 0 bridgehead atoms. The van der Waals surface area contributed by atoms with Gasteiger partial charge in [-0.05, 0) is 19.1 Å². The van der Waals surface area contributed by atoms with Crippen LogP contribution >= 0.6 is 0 Å². The van der Waals surface area contributed by atoms with E-state index in [1.54, 1.807) is 6.07 Å². The van der Waals surface area contributed by atoms with E-state index in [-0.39, 0.29) is 11.6 Å². The maximum atomic E-state index is 11.5. The zero-order valence-corrected chi connectivity index (χ0v) is 8.06. The van der Waals surface area contributed by atoms with Gasteiger partial charge in [-0.1, -0.05) is 6.07 Å². The van der Waals surface area contributed by atoms with Gasteiger partial charge in [-0.3, -0.25) is 4.79 Å². The Bertz CT molecular complexity index is 465. The van der Waals surface area contributed by atoms with Gasteiger partial charge in [0.1, 0.15) is 5.82 Å². The van der Waals surface area contributed by atoms with Crippen molar-refractivity contribution in [1.82, 2.24) is 20.4 Å². The molecular formula is C9H9N5O. The molecule has 2 N–H and O–H groups in total. The minimum Gasteiger partial charge on any atom is -0.305 e. The number of amides is 1. The second-order valence-corrected chi connectivity index (χ2v) is 2.97. The third kappa shape index (κ3) is 2.16. The van der Waals surface area contributed by atoms with Gasteiger partial charge in [-0.2, -0.15) is 15.4 Å². The van der Waals surface area contributed by atoms with Crippen molar-refractivity contribution in [2.45, 2.75) is 6.92 Å². The molecule has 0 spiro atoms. The monoisotopic (exact) mass is 203 g/mol. The van der Waals surface area contributed by atoms with Gasteiger partial charge in [0.05, 0.1) is 6.20 Å². The maximum absolute atomic E-state index is 11.5. The quantitative estimate of drug-likeness (QED) is 0.754. The number of carbonyl (C=O) groups is 1. The van der Waals surface area contributed by atoms with Crippen LogP contribution in [0.25, 0.3) is 0 Å². The lowest BCUT2D eigenvalue weighted by molar-refractivity contribution is 0.102. The number of hydrogen-bond donors (Lipinski definition) is 2. The summed E-state index contributed by atoms with van der Waals surface area (Å²) in [6, 6.07) is 5.39. The van der Waals surface area contributed by atoms with Crippen molar-refractivity contribution >= 4 is 11.7 Å². The number of hydrogen-bond acceptors (Lipinski definition) is 4. The molecule has 1 amide bonds. The lowest BCUT2D eigenvalue weighted by atomic mass is 10.3. The maximum Gasteiger partial charge on any atom is 0.278 e. The molecule has 0 saturated carbocycles. The largest absolute Gasteiger partial charge is 0.305 e. The van der Waals surface area contributed by atoms with Crippen molar-refractivity contribution in [1.29, 1.82) is 0 Å². The van der Waals surface area contributed by atoms with Gasteiger partial charge in [0, 0.05) is 5.69 Å². The molecule has 0 fully saturated rings. The SMILES string of the molecule is Cc1cccc(NC(=O)c2cn[nH]n2)n1. The van der Waals surface area contributed by atoms with Gasteiger partial charge in [0.15, 0.2) is 5.69 Å². The molecule has 2 aromatic rings. The number of aromatic amines is 1. The predicted octanol–water partition coefficient (Wildman–Crippen LogP) is 0.760. The van der Waals surface area contributed by atoms with Crippen molar-refractivity contribution in [3.8, 4) is 0 Å². The number of H-pyrrole nitrogens is 1. The fourth-order valence-corrected chi connectivity index (χ4v) is 1.10. The van der Waals surface area contributed by atoms with Crippen molar-refractivity contribution in [3.05, 3.63) is 35.8 Å². The Labute approximate surface area is 85.7 Å². The average molecular weight is 203 g/mol. The van der Waals surface area contributed by atoms with Crippen LogP contribution in [-0.4, -0.2) is 26.3 Å². The molecule has 0 aliphatic carbocycles. The molecule has 6 heteroatoms. The molecule has 76 valence electrons. The minimum atomic E-state index is -0.332. The van der Waals surface area contributed by atoms with Crippen LogP contribution in [0, 0.1) is 6.92 Å². The number of pyridine rings is 1. The Morgan fingerprint density at radius 1 is 1.47 bits per heavy atom. The number of aromatic nitrogens is 4. The first-order valence-corrected chi connectivity index (χ1v) is 4.36. The summed E-state index contributed by atoms with van der Waals surface area (Å²) in [6.07, 6.45) is 1.35. The van der Waals surface area contributed by atoms with Crippen LogP contribution < -0.4 is 5.32 Å². The van der Waals surface area contributed by atoms with E-state index in [1.165, 1.54) is 6.20 Å². The molecule has 6 nitrogen and oxygen atoms in total. The van der Waals surface area contributed by atoms with Gasteiger partial charge in [0.25, 0.3) is 5.91 Å². The van der Waals surface area contributed by atoms with Gasteiger partial charge in [-0.15, -0.1) is 0 Å². The summed E-state index contributed by atoms with van der Waals surface area (Å²) in [5.41, 5.74) is 1.08. The molecule has 0 aliphatic rings. The Kier molecular flexibility index (Phi) is 2.40. The van der Waals surface area contributed by atoms with Crippen molar-refractivity contribution in [3.63, 3.8) is 0 Å². The van der Waals surface area contributed by atoms with Crippen LogP contribution in [0.2, 0.25) is 0 Å². The fourth-order valence-electron chi connectivity index (χ4n) is 1.10. The topological polar surface area (TPSA) is 83.6 Å². The molecule has 15 heavy (non-hydrogen) atoms. The summed E-state index contributed by atoms with van der Waals surface area (Å²) in [6.45, 7) is 1.85. The molecule has 2 rings (SSSR count). The first-order chi connectivity index (χ1) is 7.25. The van der Waals surface area contributed by atoms with Crippen molar-refractivity contribution in [2.24, 2.45) is 0 Å². The van der Waals surface area contributed by atoms with Crippen LogP contribution in [0.3, 0.4) is 0 Å². The molecule has 0 aliphatic heterocycles. The second kappa shape index (κ2) is 3.87. The minimum absolute atomic E-state index is 0.235. The zero-order chi connectivity index (χ0) is 10.7. The predicted molar refractivity (Wildman–Crippen MR) is 53.3 cm³/mol. The van der Waals surface area contributed by atoms with Crippen molar-refractivity contribution < 1.29 is 4.79 Å². The van der Waals surface area contributed by atoms with Gasteiger partial charge in [0.2, 0.25) is 0 Å². The summed E-state index contributed by atoms with van der Waals surface area (Å²) >= 11 is 0. The van der Waals surface area contributed by atoms with Crippen LogP contribution in [0.1, 0.15) is 16.2 Å². The van der Waals surface area contributed by atoms with E-state index in [4.69, 9.17) is 0 Å². The molecular weight excluding hydrogens is 194 g/mol. The zero-order valence-electron chi connectivity index (χ0n) is 8.06. The number of carbonyl (C=O) groups excluding carboxylic acids is 1. The van der Waals surface area contributed by atoms with Crippen LogP contribution in [0.15, 0.2) is 24.4 Å². The first-order valence-electron chi connectivity index (χ1n) is 4.36. The Balaban J connectivity index is 2.13. The van der Waals surface area contributed by atoms with E-state index >= 15 is 0 Å². The van der Waals surface area contributed by atoms with E-state index in [9.17, 15) is 4.79 Å². The lowest BCUT2D eigenvalue weighted by Crippen LogP contribution is -2.13. The first kappa shape index (κ1) is 9.32. The van der Waals surface area contributed by atoms with Crippen LogP contribution in [-0.2, 0) is 0 Å². The molecule has 0 radical (unpaired) electrons. The van der Waals surface area contributed by atoms with E-state index in [2.05, 4.69) is 25.7 Å². The van der Waals surface area contributed by atoms with Gasteiger partial charge < -0.3 is 5.32 Å². The fraction of sp³-hybridized carbons (Fsp3) is 0.111. The molecule has 0 aromatic carbocycles. The highest BCUT2D eigenvalue weighted by Crippen LogP contribution is 2.05. The smallest absolute Gasteiger partial charge is 0.278 e. The Morgan fingerprint density at radius 3 is 3.00 bits per heavy atom. The average Bonchev–Trinajstić information content (AvgIpc) is 2.70. The third-order valence-electron chi connectivity index (χ3n) is 1.78. The summed E-state index contributed by atoms with van der Waals surface area (Å²) in [7, 11) is 0. The summed E-state index contributed by atoms with van der Waals surface area (Å²) in [4.78, 5) is 15.6. The Morgan fingerprint density at radius 2 is 2.33 bits per heavy atom. The third-order valence-corrected chi connectivity index (χ3v) is 1.78. The number of rotatable bonds is 2. The standard InChI is InChI=1S/C9H9N5O/c1-6-3-2-4-8(11-6)12-9(15)7-5-10-14-13-7/h2-5H,1H3,(H,10,13,14)(H,11,12,15). The van der Waals surface area contributed by atoms with Crippen molar-refractivity contribution in [2.75, 3.05) is 5.32 Å². The normalized spacial score (nSPS) is 9.93. The van der Waals surface area contributed by atoms with Crippen LogP contribution in [0.4, 0.5) is 5.82 Å². The number of nitrogens with zero attached hydrogens (tertiary/aromatic N) is 3. The van der Waals surface area contributed by atoms with Crippen LogP contribution in [0.5, 0.6) is 0 Å². The molecule has 2 heterocycles. The molecule has 2 aromatic heterocycles. The Hall–Kier alpha value is -2.24. The van der Waals surface area contributed by atoms with Gasteiger partial charge >= 0.3 is 0 Å².